The molecule has 3 aliphatic heterocycles. The van der Waals surface area contributed by atoms with Crippen LogP contribution in [0.2, 0.25) is 0 Å². The summed E-state index contributed by atoms with van der Waals surface area (Å²) < 4.78 is 0. The van der Waals surface area contributed by atoms with E-state index in [0.29, 0.717) is 24.4 Å². The Hall–Kier alpha value is -3.96. The molecule has 2 amide bonds. The highest BCUT2D eigenvalue weighted by atomic mass is 32.2. The molecule has 3 atom stereocenters. The number of nitrogens with one attached hydrogen (secondary N) is 1. The largest absolute Gasteiger partial charge is 0.481 e. The Morgan fingerprint density at radius 1 is 1.32 bits per heavy atom. The maximum Gasteiger partial charge on any atom is 0.352 e. The van der Waals surface area contributed by atoms with E-state index >= 15 is 0 Å². The summed E-state index contributed by atoms with van der Waals surface area (Å²) >= 11 is 3.93. The minimum Gasteiger partial charge on any atom is -0.481 e. The van der Waals surface area contributed by atoms with E-state index in [1.54, 1.807) is 5.51 Å². The number of carboxylic acid groups (broad SMARTS) is 2. The number of nitrogen functional groups attached to an aromatic ring is 1. The summed E-state index contributed by atoms with van der Waals surface area (Å²) in [5.41, 5.74) is 8.66. The smallest absolute Gasteiger partial charge is 0.352 e. The molecular weight excluding hydrogens is 582 g/mol. The molecule has 5 rings (SSSR count). The van der Waals surface area contributed by atoms with E-state index in [2.05, 4.69) is 20.4 Å². The molecule has 2 unspecified atom stereocenters. The van der Waals surface area contributed by atoms with E-state index in [4.69, 9.17) is 15.7 Å². The Kier molecular flexibility index (Phi) is 7.77. The van der Waals surface area contributed by atoms with Crippen LogP contribution in [-0.4, -0.2) is 89.3 Å². The fourth-order valence-electron chi connectivity index (χ4n) is 4.35. The van der Waals surface area contributed by atoms with Gasteiger partial charge in [0.2, 0.25) is 0 Å². The second kappa shape index (κ2) is 11.3. The Morgan fingerprint density at radius 2 is 2.12 bits per heavy atom. The van der Waals surface area contributed by atoms with Crippen LogP contribution in [0.3, 0.4) is 0 Å². The first-order chi connectivity index (χ1) is 19.1. The molecule has 2 aromatic heterocycles. The second-order valence-corrected chi connectivity index (χ2v) is 11.9. The van der Waals surface area contributed by atoms with Crippen molar-refractivity contribution >= 4 is 75.1 Å². The van der Waals surface area contributed by atoms with Crippen molar-refractivity contribution in [3.63, 3.8) is 0 Å². The van der Waals surface area contributed by atoms with Gasteiger partial charge in [-0.3, -0.25) is 19.3 Å². The van der Waals surface area contributed by atoms with Crippen LogP contribution < -0.4 is 11.1 Å². The van der Waals surface area contributed by atoms with Crippen LogP contribution in [0.4, 0.5) is 5.13 Å². The first kappa shape index (κ1) is 27.6. The molecule has 40 heavy (non-hydrogen) atoms. The average Bonchev–Trinajstić information content (AvgIpc) is 3.55. The van der Waals surface area contributed by atoms with Crippen molar-refractivity contribution in [2.45, 2.75) is 37.4 Å². The molecule has 210 valence electrons. The van der Waals surface area contributed by atoms with E-state index in [1.807, 2.05) is 17.2 Å². The predicted octanol–water partition coefficient (Wildman–Crippen LogP) is 0.991. The maximum absolute atomic E-state index is 13.2. The van der Waals surface area contributed by atoms with Crippen molar-refractivity contribution in [3.05, 3.63) is 44.6 Å². The molecule has 1 saturated heterocycles. The summed E-state index contributed by atoms with van der Waals surface area (Å²) in [6.07, 6.45) is 2.62. The minimum absolute atomic E-state index is 0.0914. The normalized spacial score (nSPS) is 20.9. The summed E-state index contributed by atoms with van der Waals surface area (Å²) in [4.78, 5) is 67.3. The SMILES string of the molecule is CC(CC(=O)O)O/N=C(/C(=O)NC1C(=O)N2C(C(=O)O)=C(CN3C=Cc4scnc4C3)CS[C@H]12)c1csc(N)n1. The monoisotopic (exact) mass is 605 g/mol. The third kappa shape index (κ3) is 5.52. The quantitative estimate of drug-likeness (QED) is 0.170. The number of rotatable bonds is 10. The van der Waals surface area contributed by atoms with Crippen LogP contribution in [0.25, 0.3) is 6.08 Å². The third-order valence-electron chi connectivity index (χ3n) is 6.16. The number of fused-ring (bicyclic) bond motifs is 2. The average molecular weight is 606 g/mol. The lowest BCUT2D eigenvalue weighted by Gasteiger charge is -2.49. The number of aromatic nitrogens is 2. The van der Waals surface area contributed by atoms with Gasteiger partial charge >= 0.3 is 11.9 Å². The molecule has 3 aliphatic rings. The standard InChI is InChI=1S/C23H23N7O7S3/c1-10(4-15(31)32)37-28-16(13-8-39-23(24)26-13)19(33)27-17-20(34)30-18(22(35)36)11(7-38-21(17)30)5-29-3-2-14-12(6-29)25-9-40-14/h2-3,8-10,17,21H,4-7H2,1H3,(H2,24,26)(H,27,33)(H,31,32)(H,35,36)/b28-16+/t10?,17?,21-/m1/s1. The van der Waals surface area contributed by atoms with Gasteiger partial charge in [0.25, 0.3) is 11.8 Å². The van der Waals surface area contributed by atoms with Crippen molar-refractivity contribution in [2.24, 2.45) is 5.16 Å². The van der Waals surface area contributed by atoms with Crippen LogP contribution in [0.5, 0.6) is 0 Å². The number of nitrogens with zero attached hydrogens (tertiary/aromatic N) is 5. The Bertz CT molecular complexity index is 1470. The molecule has 5 heterocycles. The fraction of sp³-hybridized carbons (Fsp3) is 0.348. The Labute approximate surface area is 239 Å². The lowest BCUT2D eigenvalue weighted by Crippen LogP contribution is -2.71. The van der Waals surface area contributed by atoms with Gasteiger partial charge < -0.3 is 31.0 Å². The highest BCUT2D eigenvalue weighted by molar-refractivity contribution is 8.00. The zero-order chi connectivity index (χ0) is 28.6. The first-order valence-corrected chi connectivity index (χ1v) is 14.7. The molecule has 14 nitrogen and oxygen atoms in total. The fourth-order valence-corrected chi connectivity index (χ4v) is 6.91. The van der Waals surface area contributed by atoms with Crippen LogP contribution in [0, 0.1) is 0 Å². The lowest BCUT2D eigenvalue weighted by molar-refractivity contribution is -0.150. The van der Waals surface area contributed by atoms with E-state index in [9.17, 15) is 24.3 Å². The summed E-state index contributed by atoms with van der Waals surface area (Å²) in [6.45, 7) is 2.31. The van der Waals surface area contributed by atoms with Crippen molar-refractivity contribution < 1.29 is 34.2 Å². The number of nitrogens with two attached hydrogens (primary N) is 1. The van der Waals surface area contributed by atoms with Gasteiger partial charge in [-0.15, -0.1) is 34.4 Å². The number of β-lactam (4-membered cyclic amide) rings is 1. The number of carbonyl (C=O) groups excluding carboxylic acids is 2. The summed E-state index contributed by atoms with van der Waals surface area (Å²) in [6, 6.07) is -1.02. The van der Waals surface area contributed by atoms with Gasteiger partial charge in [0.05, 0.1) is 29.0 Å². The minimum atomic E-state index is -1.23. The van der Waals surface area contributed by atoms with E-state index in [-0.39, 0.29) is 28.7 Å². The van der Waals surface area contributed by atoms with E-state index < -0.39 is 41.3 Å². The number of thiazole rings is 2. The van der Waals surface area contributed by atoms with E-state index in [0.717, 1.165) is 21.9 Å². The molecule has 0 aromatic carbocycles. The lowest BCUT2D eigenvalue weighted by atomic mass is 10.0. The molecule has 0 radical (unpaired) electrons. The number of aliphatic carboxylic acids is 2. The molecular formula is C23H23N7O7S3. The maximum atomic E-state index is 13.2. The van der Waals surface area contributed by atoms with Crippen LogP contribution in [0.15, 0.2) is 33.5 Å². The van der Waals surface area contributed by atoms with Crippen molar-refractivity contribution in [3.8, 4) is 0 Å². The number of anilines is 1. The number of hydrogen-bond donors (Lipinski definition) is 4. The zero-order valence-corrected chi connectivity index (χ0v) is 23.3. The third-order valence-corrected chi connectivity index (χ3v) is 9.01. The topological polar surface area (TPSA) is 201 Å². The summed E-state index contributed by atoms with van der Waals surface area (Å²) in [7, 11) is 0. The van der Waals surface area contributed by atoms with Gasteiger partial charge in [-0.1, -0.05) is 5.16 Å². The Morgan fingerprint density at radius 3 is 2.83 bits per heavy atom. The van der Waals surface area contributed by atoms with Crippen LogP contribution >= 0.6 is 34.4 Å². The molecule has 0 bridgehead atoms. The van der Waals surface area contributed by atoms with Gasteiger partial charge in [-0.25, -0.2) is 14.8 Å². The summed E-state index contributed by atoms with van der Waals surface area (Å²) in [5.74, 6) is -3.36. The Balaban J connectivity index is 1.31. The summed E-state index contributed by atoms with van der Waals surface area (Å²) in [5, 5.41) is 26.4. The molecule has 0 aliphatic carbocycles. The van der Waals surface area contributed by atoms with E-state index in [1.165, 1.54) is 40.3 Å². The van der Waals surface area contributed by atoms with Crippen molar-refractivity contribution in [2.75, 3.05) is 18.0 Å². The van der Waals surface area contributed by atoms with Gasteiger partial charge in [-0.05, 0) is 18.6 Å². The molecule has 17 heteroatoms. The molecule has 0 saturated carbocycles. The van der Waals surface area contributed by atoms with Crippen LogP contribution in [-0.2, 0) is 30.6 Å². The molecule has 1 fully saturated rings. The number of thioether (sulfide) groups is 1. The second-order valence-electron chi connectivity index (χ2n) is 9.03. The number of carboxylic acids is 2. The van der Waals surface area contributed by atoms with Gasteiger partial charge in [0, 0.05) is 23.9 Å². The van der Waals surface area contributed by atoms with Gasteiger partial charge in [0.1, 0.15) is 28.9 Å². The van der Waals surface area contributed by atoms with Gasteiger partial charge in [0.15, 0.2) is 10.8 Å². The van der Waals surface area contributed by atoms with Gasteiger partial charge in [-0.2, -0.15) is 0 Å². The molecule has 5 N–H and O–H groups in total. The highest BCUT2D eigenvalue weighted by Gasteiger charge is 2.54. The molecule has 2 aromatic rings. The van der Waals surface area contributed by atoms with Crippen LogP contribution in [0.1, 0.15) is 29.6 Å². The molecule has 0 spiro atoms. The number of hydrogen-bond acceptors (Lipinski definition) is 13. The number of oxime groups is 1. The van der Waals surface area contributed by atoms with Crippen molar-refractivity contribution in [1.29, 1.82) is 0 Å². The van der Waals surface area contributed by atoms with Crippen molar-refractivity contribution in [1.82, 2.24) is 25.1 Å². The first-order valence-electron chi connectivity index (χ1n) is 11.8. The number of carbonyl (C=O) groups is 4. The zero-order valence-electron chi connectivity index (χ0n) is 20.8. The predicted molar refractivity (Wildman–Crippen MR) is 147 cm³/mol. The number of amides is 2. The highest BCUT2D eigenvalue weighted by Crippen LogP contribution is 2.41.